The van der Waals surface area contributed by atoms with Crippen LogP contribution in [0.1, 0.15) is 105 Å². The molecule has 11 aromatic rings. The number of hydrogen-bond donors (Lipinski definition) is 0. The summed E-state index contributed by atoms with van der Waals surface area (Å²) in [7, 11) is 0. The summed E-state index contributed by atoms with van der Waals surface area (Å²) >= 11 is 0. The van der Waals surface area contributed by atoms with Crippen LogP contribution < -0.4 is 31.1 Å². The molecule has 4 nitrogen and oxygen atoms in total. The van der Waals surface area contributed by atoms with Crippen LogP contribution in [0.5, 0.6) is 0 Å². The molecule has 9 aromatic carbocycles. The molecule has 0 saturated carbocycles. The summed E-state index contributed by atoms with van der Waals surface area (Å²) < 4.78 is 2.59. The van der Waals surface area contributed by atoms with Crippen LogP contribution >= 0.6 is 0 Å². The highest BCUT2D eigenvalue weighted by Crippen LogP contribution is 2.51. The lowest BCUT2D eigenvalue weighted by Crippen LogP contribution is -2.61. The summed E-state index contributed by atoms with van der Waals surface area (Å²) in [6, 6.07) is 72.0. The predicted octanol–water partition coefficient (Wildman–Crippen LogP) is 17.6. The smallest absolute Gasteiger partial charge is 0.252 e. The molecule has 0 N–H and O–H groups in total. The molecule has 75 heavy (non-hydrogen) atoms. The molecule has 0 radical (unpaired) electrons. The van der Waals surface area contributed by atoms with Gasteiger partial charge in [-0.25, -0.2) is 0 Å². The lowest BCUT2D eigenvalue weighted by Gasteiger charge is -2.45. The van der Waals surface area contributed by atoms with Crippen LogP contribution in [-0.2, 0) is 21.7 Å². The van der Waals surface area contributed by atoms with E-state index in [1.807, 2.05) is 0 Å². The zero-order chi connectivity index (χ0) is 52.1. The molecule has 2 aliphatic heterocycles. The number of rotatable bonds is 5. The molecule has 0 saturated heterocycles. The topological polar surface area (TPSA) is 14.1 Å². The van der Waals surface area contributed by atoms with Gasteiger partial charge in [0.25, 0.3) is 6.71 Å². The molecule has 0 atom stereocenters. The Hall–Kier alpha value is -7.76. The Kier molecular flexibility index (Phi) is 10.3. The second kappa shape index (κ2) is 16.4. The van der Waals surface area contributed by atoms with E-state index in [1.54, 1.807) is 0 Å². The van der Waals surface area contributed by atoms with Gasteiger partial charge >= 0.3 is 0 Å². The average Bonchev–Trinajstić information content (AvgIpc) is 4.03. The number of anilines is 9. The Morgan fingerprint density at radius 1 is 0.333 bits per heavy atom. The molecule has 0 fully saturated rings. The van der Waals surface area contributed by atoms with Crippen molar-refractivity contribution in [3.8, 4) is 0 Å². The first-order valence-electron chi connectivity index (χ1n) is 27.0. The van der Waals surface area contributed by atoms with E-state index in [9.17, 15) is 0 Å². The van der Waals surface area contributed by atoms with Crippen molar-refractivity contribution in [1.29, 1.82) is 0 Å². The Balaban J connectivity index is 1.19. The Morgan fingerprint density at radius 2 is 0.787 bits per heavy atom. The van der Waals surface area contributed by atoms with E-state index >= 15 is 0 Å². The van der Waals surface area contributed by atoms with Gasteiger partial charge in [0.1, 0.15) is 0 Å². The van der Waals surface area contributed by atoms with E-state index < -0.39 is 0 Å². The zero-order valence-electron chi connectivity index (χ0n) is 45.8. The van der Waals surface area contributed by atoms with Gasteiger partial charge < -0.3 is 19.1 Å². The number of hydrogen-bond acceptors (Lipinski definition) is 3. The number of aromatic nitrogens is 1. The monoisotopic (exact) mass is 975 g/mol. The summed E-state index contributed by atoms with van der Waals surface area (Å²) in [4.78, 5) is 7.60. The van der Waals surface area contributed by atoms with Crippen LogP contribution in [0.25, 0.3) is 38.1 Å². The second-order valence-electron chi connectivity index (χ2n) is 25.6. The molecular formula is C70H67BN4. The predicted molar refractivity (Wildman–Crippen MR) is 325 cm³/mol. The molecule has 0 amide bonds. The molecule has 0 spiro atoms. The van der Waals surface area contributed by atoms with Crippen LogP contribution in [0.2, 0.25) is 0 Å². The van der Waals surface area contributed by atoms with E-state index in [0.29, 0.717) is 0 Å². The first-order chi connectivity index (χ1) is 35.7. The summed E-state index contributed by atoms with van der Waals surface area (Å²) in [5.74, 6) is 0. The first-order valence-corrected chi connectivity index (χ1v) is 27.0. The van der Waals surface area contributed by atoms with E-state index in [2.05, 4.69) is 290 Å². The Bertz CT molecular complexity index is 3990. The van der Waals surface area contributed by atoms with E-state index in [1.165, 1.54) is 99.5 Å². The van der Waals surface area contributed by atoms with Crippen molar-refractivity contribution < 1.29 is 0 Å². The van der Waals surface area contributed by atoms with Crippen LogP contribution in [0.15, 0.2) is 188 Å². The van der Waals surface area contributed by atoms with Gasteiger partial charge in [-0.2, -0.15) is 0 Å². The molecule has 0 bridgehead atoms. The summed E-state index contributed by atoms with van der Waals surface area (Å²) in [5, 5.41) is 5.26. The van der Waals surface area contributed by atoms with Gasteiger partial charge in [0.15, 0.2) is 0 Å². The normalized spacial score (nSPS) is 13.8. The zero-order valence-corrected chi connectivity index (χ0v) is 45.8. The molecule has 2 aliphatic rings. The molecule has 4 heterocycles. The fraction of sp³-hybridized carbons (Fsp3) is 0.229. The Labute approximate surface area is 444 Å². The second-order valence-corrected chi connectivity index (χ2v) is 25.6. The van der Waals surface area contributed by atoms with Crippen molar-refractivity contribution in [3.05, 3.63) is 210 Å². The lowest BCUT2D eigenvalue weighted by molar-refractivity contribution is 0.590. The highest BCUT2D eigenvalue weighted by atomic mass is 15.2. The standard InChI is InChI=1S/C70H67BN4/c1-67(2,3)44-28-32-51(33-29-44)73-60-35-31-46(69(7,8)9)39-57(60)71-58-42-54-56-38-47(70(10,11)12)37-55-53-36-45(68(4,5)6)30-34-59(53)75(66(55)56)61(54)43-62(58)74(50-26-20-15-21-27-50)64-41-52(40-63(73)65(64)71)72(48-22-16-13-17-23-48)49-24-18-14-19-25-49/h13-43H,1-12H3. The molecule has 0 unspecified atom stereocenters. The summed E-state index contributed by atoms with van der Waals surface area (Å²) in [5.41, 5.74) is 23.3. The Morgan fingerprint density at radius 3 is 1.35 bits per heavy atom. The third-order valence-corrected chi connectivity index (χ3v) is 16.5. The fourth-order valence-electron chi connectivity index (χ4n) is 12.4. The molecule has 2 aromatic heterocycles. The van der Waals surface area contributed by atoms with E-state index in [-0.39, 0.29) is 28.4 Å². The average molecular weight is 975 g/mol. The molecule has 13 rings (SSSR count). The van der Waals surface area contributed by atoms with Gasteiger partial charge in [-0.15, -0.1) is 0 Å². The number of para-hydroxylation sites is 3. The maximum atomic E-state index is 2.61. The summed E-state index contributed by atoms with van der Waals surface area (Å²) in [6.07, 6.45) is 0. The van der Waals surface area contributed by atoms with Gasteiger partial charge in [0.05, 0.1) is 22.2 Å². The van der Waals surface area contributed by atoms with Crippen molar-refractivity contribution in [2.75, 3.05) is 14.7 Å². The molecule has 370 valence electrons. The fourth-order valence-corrected chi connectivity index (χ4v) is 12.4. The van der Waals surface area contributed by atoms with Crippen molar-refractivity contribution in [2.45, 2.75) is 105 Å². The minimum atomic E-state index is -0.0825. The van der Waals surface area contributed by atoms with Crippen LogP contribution in [0, 0.1) is 0 Å². The summed E-state index contributed by atoms with van der Waals surface area (Å²) in [6.45, 7) is 27.9. The molecule has 0 aliphatic carbocycles. The van der Waals surface area contributed by atoms with Crippen molar-refractivity contribution in [3.63, 3.8) is 0 Å². The number of nitrogens with zero attached hydrogens (tertiary/aromatic N) is 4. The minimum absolute atomic E-state index is 0.0106. The largest absolute Gasteiger partial charge is 0.311 e. The molecule has 5 heteroatoms. The number of fused-ring (bicyclic) bond motifs is 10. The minimum Gasteiger partial charge on any atom is -0.311 e. The lowest BCUT2D eigenvalue weighted by atomic mass is 9.33. The molecular weight excluding hydrogens is 908 g/mol. The first kappa shape index (κ1) is 47.0. The van der Waals surface area contributed by atoms with Gasteiger partial charge in [-0.05, 0) is 157 Å². The van der Waals surface area contributed by atoms with Crippen molar-refractivity contribution in [2.24, 2.45) is 0 Å². The van der Waals surface area contributed by atoms with E-state index in [0.717, 1.165) is 28.4 Å². The highest BCUT2D eigenvalue weighted by molar-refractivity contribution is 7.00. The maximum absolute atomic E-state index is 2.61. The van der Waals surface area contributed by atoms with Gasteiger partial charge in [0, 0.05) is 67.0 Å². The SMILES string of the molecule is CC(C)(C)c1ccc(N2c3ccc(C(C)(C)C)cc3B3c4cc5c6cc(C(C)(C)C)cc7c8cc(C(C)(C)C)ccc8n(c5cc4N(c4ccccc4)c4cc(N(c5ccccc5)c5ccccc5)cc2c43)c76)cc1. The van der Waals surface area contributed by atoms with Crippen LogP contribution in [-0.4, -0.2) is 11.1 Å². The quantitative estimate of drug-likeness (QED) is 0.160. The third kappa shape index (κ3) is 7.40. The number of benzene rings is 9. The van der Waals surface area contributed by atoms with E-state index in [4.69, 9.17) is 0 Å². The maximum Gasteiger partial charge on any atom is 0.252 e. The van der Waals surface area contributed by atoms with Gasteiger partial charge in [-0.1, -0.05) is 174 Å². The van der Waals surface area contributed by atoms with Crippen LogP contribution in [0.3, 0.4) is 0 Å². The van der Waals surface area contributed by atoms with Crippen LogP contribution in [0.4, 0.5) is 51.2 Å². The highest BCUT2D eigenvalue weighted by Gasteiger charge is 2.45. The van der Waals surface area contributed by atoms with Gasteiger partial charge in [0.2, 0.25) is 0 Å². The van der Waals surface area contributed by atoms with Gasteiger partial charge in [-0.3, -0.25) is 0 Å². The van der Waals surface area contributed by atoms with Crippen molar-refractivity contribution >= 4 is 112 Å². The van der Waals surface area contributed by atoms with Crippen molar-refractivity contribution in [1.82, 2.24) is 4.40 Å². The third-order valence-electron chi connectivity index (χ3n) is 16.5.